The first kappa shape index (κ1) is 20.0. The fraction of sp³-hybridized carbons (Fsp3) is 0.238. The van der Waals surface area contributed by atoms with E-state index in [0.29, 0.717) is 23.9 Å². The van der Waals surface area contributed by atoms with Gasteiger partial charge >= 0.3 is 0 Å². The SMILES string of the molecule is COc1ccc(CNC(=O)C[S+]([O-])Cc2nc(-c3ccccc3)oc2C)cc1. The molecule has 6 nitrogen and oxygen atoms in total. The van der Waals surface area contributed by atoms with Gasteiger partial charge in [-0.1, -0.05) is 30.3 Å². The number of rotatable bonds is 8. The highest BCUT2D eigenvalue weighted by atomic mass is 32.2. The van der Waals surface area contributed by atoms with Gasteiger partial charge in [-0.25, -0.2) is 4.98 Å². The van der Waals surface area contributed by atoms with Gasteiger partial charge in [0.1, 0.15) is 17.2 Å². The molecule has 0 fully saturated rings. The molecule has 1 aromatic heterocycles. The summed E-state index contributed by atoms with van der Waals surface area (Å²) < 4.78 is 23.1. The van der Waals surface area contributed by atoms with Gasteiger partial charge in [0, 0.05) is 12.1 Å². The van der Waals surface area contributed by atoms with Gasteiger partial charge < -0.3 is 19.0 Å². The second-order valence-corrected chi connectivity index (χ2v) is 7.70. The number of hydrogen-bond donors (Lipinski definition) is 1. The molecule has 0 spiro atoms. The van der Waals surface area contributed by atoms with Gasteiger partial charge in [0.05, 0.1) is 7.11 Å². The van der Waals surface area contributed by atoms with E-state index in [1.165, 1.54) is 0 Å². The summed E-state index contributed by atoms with van der Waals surface area (Å²) in [5, 5.41) is 2.78. The number of methoxy groups -OCH3 is 1. The van der Waals surface area contributed by atoms with E-state index in [1.807, 2.05) is 54.6 Å². The van der Waals surface area contributed by atoms with Crippen LogP contribution in [-0.4, -0.2) is 28.3 Å². The predicted octanol–water partition coefficient (Wildman–Crippen LogP) is 3.22. The number of aromatic nitrogens is 1. The minimum absolute atomic E-state index is 0.0802. The van der Waals surface area contributed by atoms with Crippen LogP contribution in [0, 0.1) is 6.92 Å². The molecule has 1 heterocycles. The maximum Gasteiger partial charge on any atom is 0.270 e. The minimum Gasteiger partial charge on any atom is -0.616 e. The Morgan fingerprint density at radius 2 is 1.89 bits per heavy atom. The summed E-state index contributed by atoms with van der Waals surface area (Å²) in [7, 11) is 1.60. The lowest BCUT2D eigenvalue weighted by molar-refractivity contribution is -0.118. The molecule has 7 heteroatoms. The number of nitrogens with zero attached hydrogens (tertiary/aromatic N) is 1. The zero-order valence-corrected chi connectivity index (χ0v) is 16.6. The molecule has 1 unspecified atom stereocenters. The Kier molecular flexibility index (Phi) is 6.73. The van der Waals surface area contributed by atoms with E-state index in [1.54, 1.807) is 14.0 Å². The molecule has 1 amide bonds. The van der Waals surface area contributed by atoms with Crippen LogP contribution in [0.5, 0.6) is 5.75 Å². The summed E-state index contributed by atoms with van der Waals surface area (Å²) in [5.74, 6) is 1.70. The number of oxazole rings is 1. The van der Waals surface area contributed by atoms with Gasteiger partial charge in [-0.3, -0.25) is 4.79 Å². The Morgan fingerprint density at radius 3 is 2.57 bits per heavy atom. The summed E-state index contributed by atoms with van der Waals surface area (Å²) in [4.78, 5) is 16.5. The lowest BCUT2D eigenvalue weighted by atomic mass is 10.2. The molecule has 3 rings (SSSR count). The standard InChI is InChI=1S/C21H22N2O4S/c1-15-19(23-21(27-15)17-6-4-3-5-7-17)13-28(25)14-20(24)22-12-16-8-10-18(26-2)11-9-16/h3-11H,12-14H2,1-2H3,(H,22,24). The van der Waals surface area contributed by atoms with E-state index < -0.39 is 11.2 Å². The van der Waals surface area contributed by atoms with Gasteiger partial charge in [-0.15, -0.1) is 0 Å². The number of carbonyl (C=O) groups excluding carboxylic acids is 1. The maximum atomic E-state index is 12.4. The van der Waals surface area contributed by atoms with Crippen molar-refractivity contribution >= 4 is 17.1 Å². The Balaban J connectivity index is 1.51. The molecule has 146 valence electrons. The molecule has 0 aliphatic carbocycles. The zero-order chi connectivity index (χ0) is 19.9. The maximum absolute atomic E-state index is 12.4. The lowest BCUT2D eigenvalue weighted by Crippen LogP contribution is -2.30. The number of carbonyl (C=O) groups is 1. The van der Waals surface area contributed by atoms with Gasteiger partial charge in [-0.2, -0.15) is 0 Å². The topological polar surface area (TPSA) is 87.4 Å². The molecular formula is C21H22N2O4S. The van der Waals surface area contributed by atoms with E-state index in [9.17, 15) is 9.35 Å². The Hall–Kier alpha value is -2.77. The summed E-state index contributed by atoms with van der Waals surface area (Å²) in [6.45, 7) is 2.16. The van der Waals surface area contributed by atoms with Crippen LogP contribution in [0.3, 0.4) is 0 Å². The zero-order valence-electron chi connectivity index (χ0n) is 15.8. The fourth-order valence-electron chi connectivity index (χ4n) is 2.61. The average molecular weight is 398 g/mol. The molecule has 1 N–H and O–H groups in total. The van der Waals surface area contributed by atoms with Crippen molar-refractivity contribution in [1.29, 1.82) is 0 Å². The molecule has 0 bridgehead atoms. The first-order valence-electron chi connectivity index (χ1n) is 8.81. The van der Waals surface area contributed by atoms with Crippen molar-refractivity contribution in [2.45, 2.75) is 19.2 Å². The molecule has 0 aliphatic rings. The van der Waals surface area contributed by atoms with Crippen molar-refractivity contribution in [3.05, 3.63) is 71.6 Å². The van der Waals surface area contributed by atoms with Gasteiger partial charge in [0.15, 0.2) is 11.5 Å². The van der Waals surface area contributed by atoms with E-state index in [2.05, 4.69) is 10.3 Å². The first-order chi connectivity index (χ1) is 13.5. The molecule has 2 aromatic carbocycles. The van der Waals surface area contributed by atoms with Crippen molar-refractivity contribution in [2.75, 3.05) is 12.9 Å². The normalized spacial score (nSPS) is 11.8. The third-order valence-electron chi connectivity index (χ3n) is 4.15. The van der Waals surface area contributed by atoms with Gasteiger partial charge in [-0.05, 0) is 47.9 Å². The van der Waals surface area contributed by atoms with Crippen LogP contribution in [-0.2, 0) is 28.3 Å². The lowest BCUT2D eigenvalue weighted by Gasteiger charge is -2.10. The largest absolute Gasteiger partial charge is 0.616 e. The molecular weight excluding hydrogens is 376 g/mol. The van der Waals surface area contributed by atoms with E-state index in [0.717, 1.165) is 16.9 Å². The van der Waals surface area contributed by atoms with Crippen molar-refractivity contribution in [2.24, 2.45) is 0 Å². The van der Waals surface area contributed by atoms with Crippen LogP contribution in [0.1, 0.15) is 17.0 Å². The molecule has 0 aliphatic heterocycles. The molecule has 1 atom stereocenters. The Labute approximate surface area is 167 Å². The number of amides is 1. The summed E-state index contributed by atoms with van der Waals surface area (Å²) >= 11 is -1.37. The summed E-state index contributed by atoms with van der Waals surface area (Å²) in [5.41, 5.74) is 2.42. The molecule has 0 radical (unpaired) electrons. The Bertz CT molecular complexity index is 910. The number of hydrogen-bond acceptors (Lipinski definition) is 5. The van der Waals surface area contributed by atoms with Gasteiger partial charge in [0.25, 0.3) is 5.91 Å². The van der Waals surface area contributed by atoms with Crippen molar-refractivity contribution in [3.8, 4) is 17.2 Å². The fourth-order valence-corrected chi connectivity index (χ4v) is 3.68. The highest BCUT2D eigenvalue weighted by Gasteiger charge is 2.19. The van der Waals surface area contributed by atoms with E-state index in [-0.39, 0.29) is 17.4 Å². The number of ether oxygens (including phenoxy) is 1. The van der Waals surface area contributed by atoms with Crippen LogP contribution in [0.15, 0.2) is 59.0 Å². The van der Waals surface area contributed by atoms with Crippen LogP contribution in [0.4, 0.5) is 0 Å². The highest BCUT2D eigenvalue weighted by molar-refractivity contribution is 7.91. The summed E-state index contributed by atoms with van der Waals surface area (Å²) in [6.07, 6.45) is 0. The Morgan fingerprint density at radius 1 is 1.18 bits per heavy atom. The number of aryl methyl sites for hydroxylation is 1. The predicted molar refractivity (Wildman–Crippen MR) is 108 cm³/mol. The third-order valence-corrected chi connectivity index (χ3v) is 5.33. The van der Waals surface area contributed by atoms with Crippen molar-refractivity contribution in [3.63, 3.8) is 0 Å². The highest BCUT2D eigenvalue weighted by Crippen LogP contribution is 2.22. The van der Waals surface area contributed by atoms with Crippen LogP contribution in [0.2, 0.25) is 0 Å². The van der Waals surface area contributed by atoms with E-state index >= 15 is 0 Å². The first-order valence-corrected chi connectivity index (χ1v) is 10.3. The van der Waals surface area contributed by atoms with Gasteiger partial charge in [0.2, 0.25) is 5.89 Å². The molecule has 28 heavy (non-hydrogen) atoms. The van der Waals surface area contributed by atoms with Crippen LogP contribution in [0.25, 0.3) is 11.5 Å². The number of benzene rings is 2. The average Bonchev–Trinajstić information content (AvgIpc) is 3.07. The quantitative estimate of drug-likeness (QED) is 0.589. The number of nitrogens with one attached hydrogen (secondary N) is 1. The second-order valence-electron chi connectivity index (χ2n) is 6.24. The molecule has 0 saturated carbocycles. The van der Waals surface area contributed by atoms with Crippen molar-refractivity contribution in [1.82, 2.24) is 10.3 Å². The smallest absolute Gasteiger partial charge is 0.270 e. The molecule has 0 saturated heterocycles. The van der Waals surface area contributed by atoms with Crippen LogP contribution >= 0.6 is 0 Å². The summed E-state index contributed by atoms with van der Waals surface area (Å²) in [6, 6.07) is 16.9. The van der Waals surface area contributed by atoms with Crippen molar-refractivity contribution < 1.29 is 18.5 Å². The molecule has 3 aromatic rings. The third kappa shape index (κ3) is 5.37. The van der Waals surface area contributed by atoms with Crippen LogP contribution < -0.4 is 10.1 Å². The second kappa shape index (κ2) is 9.43. The monoisotopic (exact) mass is 398 g/mol. The van der Waals surface area contributed by atoms with E-state index in [4.69, 9.17) is 9.15 Å². The minimum atomic E-state index is -1.37.